The Kier molecular flexibility index (Phi) is 6.58. The van der Waals surface area contributed by atoms with Gasteiger partial charge in [-0.1, -0.05) is 17.3 Å². The van der Waals surface area contributed by atoms with E-state index < -0.39 is 30.3 Å². The van der Waals surface area contributed by atoms with Crippen LogP contribution in [0.3, 0.4) is 0 Å². The number of methoxy groups -OCH3 is 1. The normalized spacial score (nSPS) is 11.5. The van der Waals surface area contributed by atoms with Crippen molar-refractivity contribution in [3.63, 3.8) is 0 Å². The van der Waals surface area contributed by atoms with E-state index in [0.29, 0.717) is 17.9 Å². The number of carbonyl (C=O) groups is 2. The minimum Gasteiger partial charge on any atom is -0.497 e. The molecule has 9 nitrogen and oxygen atoms in total. The molecule has 1 aromatic heterocycles. The van der Waals surface area contributed by atoms with Crippen LogP contribution < -0.4 is 15.4 Å². The lowest BCUT2D eigenvalue weighted by Gasteiger charge is -2.16. The third kappa shape index (κ3) is 5.77. The molecule has 0 fully saturated rings. The highest BCUT2D eigenvalue weighted by Gasteiger charge is 2.22. The largest absolute Gasteiger partial charge is 0.497 e. The van der Waals surface area contributed by atoms with Gasteiger partial charge in [-0.15, -0.1) is 0 Å². The monoisotopic (exact) mass is 414 g/mol. The summed E-state index contributed by atoms with van der Waals surface area (Å²) in [7, 11) is 1.56. The van der Waals surface area contributed by atoms with Gasteiger partial charge in [0, 0.05) is 12.1 Å². The molecule has 156 valence electrons. The number of benzene rings is 2. The standard InChI is InChI=1S/C20H19FN4O5/c1-29-15-8-2-12(3-9-15)10-16(19-24-17(30-25-19)11-18(26)27)23-20(28)22-14-6-4-13(21)5-7-14/h2-9,16H,10-11H2,1H3,(H,26,27)(H2,22,23,28). The molecule has 10 heteroatoms. The molecule has 0 bridgehead atoms. The third-order valence-corrected chi connectivity index (χ3v) is 4.10. The summed E-state index contributed by atoms with van der Waals surface area (Å²) in [6.45, 7) is 0. The topological polar surface area (TPSA) is 127 Å². The summed E-state index contributed by atoms with van der Waals surface area (Å²) in [6.07, 6.45) is -0.114. The van der Waals surface area contributed by atoms with Gasteiger partial charge < -0.3 is 25.0 Å². The number of nitrogens with zero attached hydrogens (tertiary/aromatic N) is 2. The van der Waals surface area contributed by atoms with Crippen molar-refractivity contribution < 1.29 is 28.3 Å². The van der Waals surface area contributed by atoms with Gasteiger partial charge >= 0.3 is 12.0 Å². The second kappa shape index (κ2) is 9.50. The number of amides is 2. The highest BCUT2D eigenvalue weighted by molar-refractivity contribution is 5.89. The number of carboxylic acid groups (broad SMARTS) is 1. The molecule has 0 spiro atoms. The molecule has 3 aromatic rings. The molecule has 2 aromatic carbocycles. The van der Waals surface area contributed by atoms with Gasteiger partial charge in [0.15, 0.2) is 5.82 Å². The fraction of sp³-hybridized carbons (Fsp3) is 0.200. The first-order valence-electron chi connectivity index (χ1n) is 8.93. The van der Waals surface area contributed by atoms with Crippen LogP contribution in [0.5, 0.6) is 5.75 Å². The van der Waals surface area contributed by atoms with Gasteiger partial charge in [-0.3, -0.25) is 4.79 Å². The first-order chi connectivity index (χ1) is 14.4. The van der Waals surface area contributed by atoms with Crippen LogP contribution in [0.25, 0.3) is 0 Å². The summed E-state index contributed by atoms with van der Waals surface area (Å²) in [5, 5.41) is 18.0. The van der Waals surface area contributed by atoms with Crippen molar-refractivity contribution in [1.82, 2.24) is 15.5 Å². The number of carbonyl (C=O) groups excluding carboxylic acids is 1. The molecule has 30 heavy (non-hydrogen) atoms. The number of anilines is 1. The average Bonchev–Trinajstić information content (AvgIpc) is 3.17. The van der Waals surface area contributed by atoms with E-state index in [1.807, 2.05) is 12.1 Å². The van der Waals surface area contributed by atoms with Crippen LogP contribution in [0.4, 0.5) is 14.9 Å². The zero-order valence-corrected chi connectivity index (χ0v) is 16.0. The van der Waals surface area contributed by atoms with Gasteiger partial charge in [-0.05, 0) is 42.0 Å². The quantitative estimate of drug-likeness (QED) is 0.517. The van der Waals surface area contributed by atoms with Crippen molar-refractivity contribution in [2.24, 2.45) is 0 Å². The number of hydrogen-bond donors (Lipinski definition) is 3. The zero-order valence-electron chi connectivity index (χ0n) is 16.0. The molecule has 1 heterocycles. The smallest absolute Gasteiger partial charge is 0.319 e. The van der Waals surface area contributed by atoms with E-state index in [9.17, 15) is 14.0 Å². The highest BCUT2D eigenvalue weighted by Crippen LogP contribution is 2.19. The van der Waals surface area contributed by atoms with Crippen molar-refractivity contribution >= 4 is 17.7 Å². The molecule has 0 radical (unpaired) electrons. The molecular weight excluding hydrogens is 395 g/mol. The Hall–Kier alpha value is -3.95. The van der Waals surface area contributed by atoms with E-state index >= 15 is 0 Å². The SMILES string of the molecule is COc1ccc(CC(NC(=O)Nc2ccc(F)cc2)c2noc(CC(=O)O)n2)cc1. The number of nitrogens with one attached hydrogen (secondary N) is 2. The number of hydrogen-bond acceptors (Lipinski definition) is 6. The van der Waals surface area contributed by atoms with E-state index in [1.54, 1.807) is 19.2 Å². The Morgan fingerprint density at radius 3 is 2.50 bits per heavy atom. The summed E-state index contributed by atoms with van der Waals surface area (Å²) in [6, 6.07) is 11.2. The van der Waals surface area contributed by atoms with Gasteiger partial charge in [-0.25, -0.2) is 9.18 Å². The summed E-state index contributed by atoms with van der Waals surface area (Å²) in [5.41, 5.74) is 1.25. The predicted molar refractivity (Wildman–Crippen MR) is 104 cm³/mol. The van der Waals surface area contributed by atoms with Crippen molar-refractivity contribution in [1.29, 1.82) is 0 Å². The minimum atomic E-state index is -1.11. The fourth-order valence-corrected chi connectivity index (χ4v) is 2.67. The van der Waals surface area contributed by atoms with Crippen molar-refractivity contribution in [3.8, 4) is 5.75 Å². The van der Waals surface area contributed by atoms with Crippen LogP contribution in [0, 0.1) is 5.82 Å². The third-order valence-electron chi connectivity index (χ3n) is 4.10. The maximum Gasteiger partial charge on any atom is 0.319 e. The summed E-state index contributed by atoms with van der Waals surface area (Å²) < 4.78 is 23.1. The number of urea groups is 1. The molecule has 0 saturated carbocycles. The molecule has 1 atom stereocenters. The number of aliphatic carboxylic acids is 1. The highest BCUT2D eigenvalue weighted by atomic mass is 19.1. The number of halogens is 1. The van der Waals surface area contributed by atoms with Crippen LogP contribution in [-0.4, -0.2) is 34.4 Å². The summed E-state index contributed by atoms with van der Waals surface area (Å²) in [5.74, 6) is -0.787. The van der Waals surface area contributed by atoms with Gasteiger partial charge in [0.1, 0.15) is 18.0 Å². The number of rotatable bonds is 8. The van der Waals surface area contributed by atoms with Crippen molar-refractivity contribution in [2.45, 2.75) is 18.9 Å². The van der Waals surface area contributed by atoms with Crippen molar-refractivity contribution in [3.05, 3.63) is 71.6 Å². The van der Waals surface area contributed by atoms with Crippen LogP contribution in [-0.2, 0) is 17.6 Å². The lowest BCUT2D eigenvalue weighted by Crippen LogP contribution is -2.34. The summed E-state index contributed by atoms with van der Waals surface area (Å²) >= 11 is 0. The molecule has 0 aliphatic rings. The van der Waals surface area contributed by atoms with Gasteiger partial charge in [-0.2, -0.15) is 4.98 Å². The van der Waals surface area contributed by atoms with Crippen LogP contribution >= 0.6 is 0 Å². The maximum absolute atomic E-state index is 13.0. The Bertz CT molecular complexity index is 1000. The Morgan fingerprint density at radius 1 is 1.17 bits per heavy atom. The first kappa shape index (κ1) is 20.8. The van der Waals surface area contributed by atoms with Gasteiger partial charge in [0.05, 0.1) is 13.2 Å². The van der Waals surface area contributed by atoms with Crippen LogP contribution in [0.2, 0.25) is 0 Å². The lowest BCUT2D eigenvalue weighted by molar-refractivity contribution is -0.136. The zero-order chi connectivity index (χ0) is 21.5. The molecule has 0 aliphatic heterocycles. The second-order valence-electron chi connectivity index (χ2n) is 6.33. The minimum absolute atomic E-state index is 0.0713. The molecule has 3 N–H and O–H groups in total. The molecule has 2 amide bonds. The molecule has 0 aliphatic carbocycles. The van der Waals surface area contributed by atoms with Crippen molar-refractivity contribution in [2.75, 3.05) is 12.4 Å². The number of ether oxygens (including phenoxy) is 1. The van der Waals surface area contributed by atoms with E-state index in [-0.39, 0.29) is 11.7 Å². The maximum atomic E-state index is 13.0. The first-order valence-corrected chi connectivity index (χ1v) is 8.93. The molecule has 3 rings (SSSR count). The number of carboxylic acids is 1. The Labute approximate surface area is 170 Å². The predicted octanol–water partition coefficient (Wildman–Crippen LogP) is 2.95. The Balaban J connectivity index is 1.76. The van der Waals surface area contributed by atoms with Gasteiger partial charge in [0.2, 0.25) is 5.89 Å². The molecular formula is C20H19FN4O5. The van der Waals surface area contributed by atoms with E-state index in [4.69, 9.17) is 14.4 Å². The molecule has 1 unspecified atom stereocenters. The van der Waals surface area contributed by atoms with Gasteiger partial charge in [0.25, 0.3) is 0 Å². The van der Waals surface area contributed by atoms with E-state index in [2.05, 4.69) is 20.8 Å². The molecule has 0 saturated heterocycles. The second-order valence-corrected chi connectivity index (χ2v) is 6.33. The summed E-state index contributed by atoms with van der Waals surface area (Å²) in [4.78, 5) is 27.4. The number of aromatic nitrogens is 2. The lowest BCUT2D eigenvalue weighted by atomic mass is 10.1. The van der Waals surface area contributed by atoms with E-state index in [0.717, 1.165) is 5.56 Å². The van der Waals surface area contributed by atoms with Crippen LogP contribution in [0.15, 0.2) is 53.1 Å². The van der Waals surface area contributed by atoms with E-state index in [1.165, 1.54) is 24.3 Å². The average molecular weight is 414 g/mol. The fourth-order valence-electron chi connectivity index (χ4n) is 2.67. The Morgan fingerprint density at radius 2 is 1.87 bits per heavy atom. The van der Waals surface area contributed by atoms with Crippen LogP contribution in [0.1, 0.15) is 23.3 Å².